The van der Waals surface area contributed by atoms with Crippen molar-refractivity contribution in [3.05, 3.63) is 17.5 Å². The van der Waals surface area contributed by atoms with Crippen LogP contribution in [0.1, 0.15) is 56.7 Å². The molecule has 0 unspecified atom stereocenters. The molecule has 0 fully saturated rings. The molecule has 4 nitrogen and oxygen atoms in total. The molecule has 17 heavy (non-hydrogen) atoms. The van der Waals surface area contributed by atoms with Crippen LogP contribution in [0.3, 0.4) is 0 Å². The molecule has 1 aromatic heterocycles. The number of fused-ring (bicyclic) bond motifs is 1. The zero-order chi connectivity index (χ0) is 13.3. The van der Waals surface area contributed by atoms with Crippen molar-refractivity contribution in [2.75, 3.05) is 7.05 Å². The highest BCUT2D eigenvalue weighted by atomic mass is 16.1. The number of rotatable bonds is 1. The molecule has 1 N–H and O–H groups in total. The van der Waals surface area contributed by atoms with Crippen molar-refractivity contribution in [2.45, 2.75) is 53.5 Å². The molecule has 0 atom stereocenters. The van der Waals surface area contributed by atoms with Gasteiger partial charge in [-0.3, -0.25) is 9.48 Å². The van der Waals surface area contributed by atoms with Crippen molar-refractivity contribution >= 4 is 5.91 Å². The zero-order valence-electron chi connectivity index (χ0n) is 11.7. The van der Waals surface area contributed by atoms with E-state index in [1.165, 1.54) is 18.5 Å². The van der Waals surface area contributed by atoms with Crippen molar-refractivity contribution in [3.63, 3.8) is 0 Å². The number of carbonyl (C=O) groups is 1. The molecule has 2 rings (SSSR count). The number of aryl methyl sites for hydroxylation is 2. The molecule has 4 heteroatoms. The fourth-order valence-electron chi connectivity index (χ4n) is 1.66. The first-order valence-electron chi connectivity index (χ1n) is 6.60. The highest BCUT2D eigenvalue weighted by Crippen LogP contribution is 2.14. The van der Waals surface area contributed by atoms with Crippen molar-refractivity contribution in [1.29, 1.82) is 0 Å². The van der Waals surface area contributed by atoms with E-state index < -0.39 is 0 Å². The highest BCUT2D eigenvalue weighted by molar-refractivity contribution is 5.92. The lowest BCUT2D eigenvalue weighted by atomic mass is 10.1. The van der Waals surface area contributed by atoms with Gasteiger partial charge in [-0.1, -0.05) is 27.7 Å². The van der Waals surface area contributed by atoms with E-state index >= 15 is 0 Å². The fraction of sp³-hybridized carbons (Fsp3) is 0.692. The zero-order valence-corrected chi connectivity index (χ0v) is 11.7. The number of aromatic nitrogens is 2. The maximum atomic E-state index is 11.2. The lowest BCUT2D eigenvalue weighted by molar-refractivity contribution is 0.0957. The number of nitrogens with one attached hydrogen (secondary N) is 1. The van der Waals surface area contributed by atoms with Gasteiger partial charge in [0, 0.05) is 19.3 Å². The first-order valence-corrected chi connectivity index (χ1v) is 6.60. The molecule has 0 radical (unpaired) electrons. The summed E-state index contributed by atoms with van der Waals surface area (Å²) in [5.74, 6) is -0.0955. The summed E-state index contributed by atoms with van der Waals surface area (Å²) in [4.78, 5) is 11.2. The SMILES string of the molecule is CC.CC.CNC(=O)c1cc2n(n1)CCCC2. The number of hydrogen-bond donors (Lipinski definition) is 1. The van der Waals surface area contributed by atoms with E-state index in [0.29, 0.717) is 5.69 Å². The van der Waals surface area contributed by atoms with Crippen molar-refractivity contribution in [3.8, 4) is 0 Å². The second-order valence-corrected chi connectivity index (χ2v) is 3.28. The molecule has 1 aliphatic rings. The van der Waals surface area contributed by atoms with E-state index in [1.807, 2.05) is 38.4 Å². The van der Waals surface area contributed by atoms with Gasteiger partial charge < -0.3 is 5.32 Å². The van der Waals surface area contributed by atoms with Crippen LogP contribution < -0.4 is 5.32 Å². The van der Waals surface area contributed by atoms with Gasteiger partial charge in [0.2, 0.25) is 0 Å². The molecule has 0 spiro atoms. The lowest BCUT2D eigenvalue weighted by Gasteiger charge is -2.11. The van der Waals surface area contributed by atoms with Crippen LogP contribution in [0.5, 0.6) is 0 Å². The second kappa shape index (κ2) is 8.79. The lowest BCUT2D eigenvalue weighted by Crippen LogP contribution is -2.18. The van der Waals surface area contributed by atoms with Gasteiger partial charge in [-0.05, 0) is 25.3 Å². The minimum Gasteiger partial charge on any atom is -0.354 e. The van der Waals surface area contributed by atoms with Crippen LogP contribution in [0.15, 0.2) is 6.07 Å². The van der Waals surface area contributed by atoms with Crippen LogP contribution >= 0.6 is 0 Å². The molecule has 0 saturated heterocycles. The van der Waals surface area contributed by atoms with Crippen LogP contribution in [-0.2, 0) is 13.0 Å². The third kappa shape index (κ3) is 4.21. The molecule has 98 valence electrons. The fourth-order valence-corrected chi connectivity index (χ4v) is 1.66. The molecule has 0 saturated carbocycles. The average Bonchev–Trinajstić information content (AvgIpc) is 2.86. The third-order valence-corrected chi connectivity index (χ3v) is 2.38. The summed E-state index contributed by atoms with van der Waals surface area (Å²) in [5.41, 5.74) is 1.73. The summed E-state index contributed by atoms with van der Waals surface area (Å²) >= 11 is 0. The molecular weight excluding hydrogens is 214 g/mol. The number of nitrogens with zero attached hydrogens (tertiary/aromatic N) is 2. The van der Waals surface area contributed by atoms with Gasteiger partial charge >= 0.3 is 0 Å². The molecule has 1 amide bonds. The first kappa shape index (κ1) is 15.7. The number of carbonyl (C=O) groups excluding carboxylic acids is 1. The Hall–Kier alpha value is -1.32. The van der Waals surface area contributed by atoms with Gasteiger partial charge in [-0.15, -0.1) is 0 Å². The van der Waals surface area contributed by atoms with Crippen LogP contribution in [0.4, 0.5) is 0 Å². The Morgan fingerprint density at radius 3 is 2.47 bits per heavy atom. The first-order chi connectivity index (χ1) is 8.31. The molecule has 0 aromatic carbocycles. The topological polar surface area (TPSA) is 46.9 Å². The predicted molar refractivity (Wildman–Crippen MR) is 71.3 cm³/mol. The Kier molecular flexibility index (Phi) is 8.11. The smallest absolute Gasteiger partial charge is 0.271 e. The van der Waals surface area contributed by atoms with Crippen LogP contribution in [-0.4, -0.2) is 22.7 Å². The van der Waals surface area contributed by atoms with E-state index in [9.17, 15) is 4.79 Å². The predicted octanol–water partition coefficient (Wildman–Crippen LogP) is 2.63. The molecule has 1 aromatic rings. The van der Waals surface area contributed by atoms with Gasteiger partial charge in [0.05, 0.1) is 0 Å². The summed E-state index contributed by atoms with van der Waals surface area (Å²) in [6.45, 7) is 8.95. The monoisotopic (exact) mass is 239 g/mol. The quantitative estimate of drug-likeness (QED) is 0.819. The Bertz CT molecular complexity index is 308. The highest BCUT2D eigenvalue weighted by Gasteiger charge is 2.15. The van der Waals surface area contributed by atoms with Gasteiger partial charge in [0.25, 0.3) is 5.91 Å². The van der Waals surface area contributed by atoms with Crippen molar-refractivity contribution in [2.24, 2.45) is 0 Å². The average molecular weight is 239 g/mol. The summed E-state index contributed by atoms with van der Waals surface area (Å²) in [7, 11) is 1.63. The summed E-state index contributed by atoms with van der Waals surface area (Å²) in [6.07, 6.45) is 3.42. The number of amides is 1. The summed E-state index contributed by atoms with van der Waals surface area (Å²) in [5, 5.41) is 6.80. The van der Waals surface area contributed by atoms with E-state index in [-0.39, 0.29) is 5.91 Å². The molecule has 0 aliphatic carbocycles. The van der Waals surface area contributed by atoms with Crippen LogP contribution in [0.2, 0.25) is 0 Å². The Balaban J connectivity index is 0.000000581. The normalized spacial score (nSPS) is 12.3. The van der Waals surface area contributed by atoms with Crippen LogP contribution in [0, 0.1) is 0 Å². The van der Waals surface area contributed by atoms with Gasteiger partial charge in [0.1, 0.15) is 5.69 Å². The van der Waals surface area contributed by atoms with E-state index in [2.05, 4.69) is 10.4 Å². The van der Waals surface area contributed by atoms with Crippen molar-refractivity contribution < 1.29 is 4.79 Å². The largest absolute Gasteiger partial charge is 0.354 e. The molecule has 1 aliphatic heterocycles. The van der Waals surface area contributed by atoms with Crippen LogP contribution in [0.25, 0.3) is 0 Å². The Morgan fingerprint density at radius 1 is 1.29 bits per heavy atom. The van der Waals surface area contributed by atoms with Gasteiger partial charge in [-0.2, -0.15) is 5.10 Å². The van der Waals surface area contributed by atoms with E-state index in [4.69, 9.17) is 0 Å². The maximum absolute atomic E-state index is 11.2. The molecule has 0 bridgehead atoms. The summed E-state index contributed by atoms with van der Waals surface area (Å²) in [6, 6.07) is 1.89. The van der Waals surface area contributed by atoms with E-state index in [0.717, 1.165) is 13.0 Å². The second-order valence-electron chi connectivity index (χ2n) is 3.28. The molecular formula is C13H25N3O. The summed E-state index contributed by atoms with van der Waals surface area (Å²) < 4.78 is 1.94. The van der Waals surface area contributed by atoms with E-state index in [1.54, 1.807) is 7.05 Å². The Labute approximate surface area is 104 Å². The minimum atomic E-state index is -0.0955. The Morgan fingerprint density at radius 2 is 1.94 bits per heavy atom. The maximum Gasteiger partial charge on any atom is 0.271 e. The minimum absolute atomic E-state index is 0.0955. The third-order valence-electron chi connectivity index (χ3n) is 2.38. The number of hydrogen-bond acceptors (Lipinski definition) is 2. The van der Waals surface area contributed by atoms with Gasteiger partial charge in [-0.25, -0.2) is 0 Å². The van der Waals surface area contributed by atoms with Crippen molar-refractivity contribution in [1.82, 2.24) is 15.1 Å². The standard InChI is InChI=1S/C9H13N3O.2C2H6/c1-10-9(13)8-6-7-4-2-3-5-12(7)11-8;2*1-2/h6H,2-5H2,1H3,(H,10,13);2*1-2H3. The van der Waals surface area contributed by atoms with Gasteiger partial charge in [0.15, 0.2) is 0 Å². The molecule has 2 heterocycles.